The molecule has 2 N–H and O–H groups in total. The van der Waals surface area contributed by atoms with Crippen molar-refractivity contribution in [1.29, 1.82) is 0 Å². The Kier molecular flexibility index (Phi) is 8.64. The van der Waals surface area contributed by atoms with Gasteiger partial charge in [0.15, 0.2) is 11.7 Å². The Bertz CT molecular complexity index is 1070. The molecule has 0 atom stereocenters. The van der Waals surface area contributed by atoms with Gasteiger partial charge in [-0.3, -0.25) is 10.1 Å². The highest BCUT2D eigenvalue weighted by Gasteiger charge is 2.24. The van der Waals surface area contributed by atoms with Crippen LogP contribution in [-0.4, -0.2) is 43.4 Å². The quantitative estimate of drug-likeness (QED) is 0.534. The number of sulfonamides is 1. The highest BCUT2D eigenvalue weighted by Crippen LogP contribution is 2.23. The fourth-order valence-corrected chi connectivity index (χ4v) is 5.61. The molecule has 0 radical (unpaired) electrons. The third kappa shape index (κ3) is 6.74. The molecule has 0 aliphatic carbocycles. The van der Waals surface area contributed by atoms with E-state index >= 15 is 0 Å². The van der Waals surface area contributed by atoms with E-state index in [1.807, 2.05) is 19.1 Å². The Morgan fingerprint density at radius 1 is 1.09 bits per heavy atom. The SMILES string of the molecule is Cc1cc(Br)ccc1OCC(=O)NC(=S)Nc1ccc(S(=O)(=O)N2CCCCCC2)cc1. The second kappa shape index (κ2) is 11.2. The van der Waals surface area contributed by atoms with Gasteiger partial charge in [0, 0.05) is 23.2 Å². The molecule has 0 spiro atoms. The number of carbonyl (C=O) groups is 1. The number of carbonyl (C=O) groups excluding carboxylic acids is 1. The summed E-state index contributed by atoms with van der Waals surface area (Å²) in [6, 6.07) is 11.9. The van der Waals surface area contributed by atoms with Crippen molar-refractivity contribution < 1.29 is 17.9 Å². The topological polar surface area (TPSA) is 87.7 Å². The molecule has 1 heterocycles. The fourth-order valence-electron chi connectivity index (χ4n) is 3.38. The predicted octanol–water partition coefficient (Wildman–Crippen LogP) is 4.21. The van der Waals surface area contributed by atoms with Gasteiger partial charge in [-0.1, -0.05) is 28.8 Å². The monoisotopic (exact) mass is 539 g/mol. The number of benzene rings is 2. The second-order valence-corrected chi connectivity index (χ2v) is 10.8. The highest BCUT2D eigenvalue weighted by atomic mass is 79.9. The number of nitrogens with one attached hydrogen (secondary N) is 2. The molecule has 1 saturated heterocycles. The number of nitrogens with zero attached hydrogens (tertiary/aromatic N) is 1. The third-order valence-electron chi connectivity index (χ3n) is 5.06. The maximum absolute atomic E-state index is 12.9. The molecule has 32 heavy (non-hydrogen) atoms. The van der Waals surface area contributed by atoms with Crippen molar-refractivity contribution in [2.24, 2.45) is 0 Å². The number of thiocarbonyl (C=S) groups is 1. The number of amides is 1. The van der Waals surface area contributed by atoms with Crippen LogP contribution in [0.15, 0.2) is 51.8 Å². The molecule has 10 heteroatoms. The predicted molar refractivity (Wildman–Crippen MR) is 132 cm³/mol. The zero-order valence-electron chi connectivity index (χ0n) is 17.8. The van der Waals surface area contributed by atoms with Crippen LogP contribution in [0.1, 0.15) is 31.2 Å². The molecule has 2 aromatic rings. The van der Waals surface area contributed by atoms with Crippen molar-refractivity contribution in [3.05, 3.63) is 52.5 Å². The lowest BCUT2D eigenvalue weighted by Gasteiger charge is -2.20. The number of rotatable bonds is 6. The first-order valence-corrected chi connectivity index (χ1v) is 13.0. The van der Waals surface area contributed by atoms with Gasteiger partial charge in [-0.15, -0.1) is 0 Å². The fraction of sp³-hybridized carbons (Fsp3) is 0.364. The van der Waals surface area contributed by atoms with Gasteiger partial charge in [0.05, 0.1) is 4.90 Å². The second-order valence-electron chi connectivity index (χ2n) is 7.54. The van der Waals surface area contributed by atoms with E-state index in [9.17, 15) is 13.2 Å². The van der Waals surface area contributed by atoms with E-state index in [-0.39, 0.29) is 16.6 Å². The molecule has 1 aliphatic heterocycles. The van der Waals surface area contributed by atoms with Crippen molar-refractivity contribution >= 4 is 54.9 Å². The van der Waals surface area contributed by atoms with Crippen molar-refractivity contribution in [1.82, 2.24) is 9.62 Å². The Labute approximate surface area is 202 Å². The van der Waals surface area contributed by atoms with E-state index in [2.05, 4.69) is 26.6 Å². The Hall–Kier alpha value is -2.01. The number of hydrogen-bond donors (Lipinski definition) is 2. The lowest BCUT2D eigenvalue weighted by molar-refractivity contribution is -0.121. The number of hydrogen-bond acceptors (Lipinski definition) is 5. The normalized spacial score (nSPS) is 14.9. The average molecular weight is 541 g/mol. The number of ether oxygens (including phenoxy) is 1. The summed E-state index contributed by atoms with van der Waals surface area (Å²) in [6.07, 6.45) is 3.90. The molecular weight excluding hydrogens is 514 g/mol. The van der Waals surface area contributed by atoms with Crippen LogP contribution in [0, 0.1) is 6.92 Å². The molecule has 0 bridgehead atoms. The average Bonchev–Trinajstić information content (AvgIpc) is 3.03. The minimum absolute atomic E-state index is 0.106. The summed E-state index contributed by atoms with van der Waals surface area (Å²) in [4.78, 5) is 12.4. The van der Waals surface area contributed by atoms with E-state index in [0.29, 0.717) is 24.5 Å². The van der Waals surface area contributed by atoms with Gasteiger partial charge in [-0.2, -0.15) is 4.31 Å². The minimum Gasteiger partial charge on any atom is -0.483 e. The molecule has 1 amide bonds. The van der Waals surface area contributed by atoms with Crippen molar-refractivity contribution in [2.45, 2.75) is 37.5 Å². The first-order chi connectivity index (χ1) is 15.3. The summed E-state index contributed by atoms with van der Waals surface area (Å²) in [5, 5.41) is 5.55. The standard InChI is InChI=1S/C22H26BrN3O4S2/c1-16-14-17(23)6-11-20(16)30-15-21(27)25-22(31)24-18-7-9-19(10-8-18)32(28,29)26-12-4-2-3-5-13-26/h6-11,14H,2-5,12-13,15H2,1H3,(H2,24,25,27,31). The largest absolute Gasteiger partial charge is 0.483 e. The number of aryl methyl sites for hydroxylation is 1. The van der Waals surface area contributed by atoms with E-state index in [4.69, 9.17) is 17.0 Å². The highest BCUT2D eigenvalue weighted by molar-refractivity contribution is 9.10. The van der Waals surface area contributed by atoms with Crippen LogP contribution in [0.25, 0.3) is 0 Å². The molecule has 7 nitrogen and oxygen atoms in total. The number of anilines is 1. The van der Waals surface area contributed by atoms with Crippen molar-refractivity contribution in [3.8, 4) is 5.75 Å². The van der Waals surface area contributed by atoms with E-state index in [1.165, 1.54) is 0 Å². The van der Waals surface area contributed by atoms with E-state index in [1.54, 1.807) is 34.6 Å². The molecule has 0 unspecified atom stereocenters. The van der Waals surface area contributed by atoms with Crippen molar-refractivity contribution in [2.75, 3.05) is 25.0 Å². The van der Waals surface area contributed by atoms with Gasteiger partial charge in [0.25, 0.3) is 5.91 Å². The van der Waals surface area contributed by atoms with Crippen LogP contribution in [-0.2, 0) is 14.8 Å². The molecule has 1 fully saturated rings. The molecule has 0 aromatic heterocycles. The van der Waals surface area contributed by atoms with Crippen LogP contribution < -0.4 is 15.4 Å². The lowest BCUT2D eigenvalue weighted by atomic mass is 10.2. The molecular formula is C22H26BrN3O4S2. The van der Waals surface area contributed by atoms with Crippen LogP contribution in [0.5, 0.6) is 5.75 Å². The zero-order chi connectivity index (χ0) is 23.1. The molecule has 2 aromatic carbocycles. The zero-order valence-corrected chi connectivity index (χ0v) is 21.0. The maximum Gasteiger partial charge on any atom is 0.264 e. The minimum atomic E-state index is -3.51. The number of halogens is 1. The molecule has 0 saturated carbocycles. The molecule has 172 valence electrons. The summed E-state index contributed by atoms with van der Waals surface area (Å²) in [5.74, 6) is 0.216. The first kappa shape index (κ1) is 24.6. The van der Waals surface area contributed by atoms with Crippen LogP contribution in [0.4, 0.5) is 5.69 Å². The summed E-state index contributed by atoms with van der Waals surface area (Å²) >= 11 is 8.56. The lowest BCUT2D eigenvalue weighted by Crippen LogP contribution is -2.37. The summed E-state index contributed by atoms with van der Waals surface area (Å²) in [5.41, 5.74) is 1.48. The summed E-state index contributed by atoms with van der Waals surface area (Å²) < 4.78 is 33.7. The van der Waals surface area contributed by atoms with Crippen LogP contribution in [0.2, 0.25) is 0 Å². The van der Waals surface area contributed by atoms with Gasteiger partial charge in [-0.25, -0.2) is 8.42 Å². The summed E-state index contributed by atoms with van der Waals surface area (Å²) in [7, 11) is -3.51. The molecule has 1 aliphatic rings. The van der Waals surface area contributed by atoms with Crippen LogP contribution in [0.3, 0.4) is 0 Å². The van der Waals surface area contributed by atoms with Crippen LogP contribution >= 0.6 is 28.1 Å². The molecule has 3 rings (SSSR count). The van der Waals surface area contributed by atoms with Gasteiger partial charge in [0.1, 0.15) is 5.75 Å². The van der Waals surface area contributed by atoms with Crippen molar-refractivity contribution in [3.63, 3.8) is 0 Å². The Morgan fingerprint density at radius 3 is 2.38 bits per heavy atom. The Morgan fingerprint density at radius 2 is 1.75 bits per heavy atom. The van der Waals surface area contributed by atoms with E-state index < -0.39 is 15.9 Å². The van der Waals surface area contributed by atoms with Gasteiger partial charge < -0.3 is 10.1 Å². The summed E-state index contributed by atoms with van der Waals surface area (Å²) in [6.45, 7) is 2.82. The maximum atomic E-state index is 12.9. The smallest absolute Gasteiger partial charge is 0.264 e. The van der Waals surface area contributed by atoms with Gasteiger partial charge in [0.2, 0.25) is 10.0 Å². The first-order valence-electron chi connectivity index (χ1n) is 10.4. The third-order valence-corrected chi connectivity index (χ3v) is 7.67. The van der Waals surface area contributed by atoms with Gasteiger partial charge >= 0.3 is 0 Å². The Balaban J connectivity index is 1.52. The van der Waals surface area contributed by atoms with E-state index in [0.717, 1.165) is 35.7 Å². The van der Waals surface area contributed by atoms with Gasteiger partial charge in [-0.05, 0) is 80.0 Å².